The van der Waals surface area contributed by atoms with Crippen molar-refractivity contribution in [1.29, 1.82) is 0 Å². The third-order valence-corrected chi connectivity index (χ3v) is 9.13. The molecule has 0 bridgehead atoms. The molecule has 0 spiro atoms. The van der Waals surface area contributed by atoms with Gasteiger partial charge >= 0.3 is 11.9 Å². The third kappa shape index (κ3) is 7.44. The van der Waals surface area contributed by atoms with Gasteiger partial charge in [0, 0.05) is 30.0 Å². The van der Waals surface area contributed by atoms with E-state index in [4.69, 9.17) is 15.2 Å². The average molecular weight is 639 g/mol. The van der Waals surface area contributed by atoms with Crippen LogP contribution >= 0.6 is 0 Å². The molecule has 5 rings (SSSR count). The van der Waals surface area contributed by atoms with Crippen molar-refractivity contribution in [1.82, 2.24) is 4.90 Å². The monoisotopic (exact) mass is 638 g/mol. The number of nitrogens with two attached hydrogens (primary N) is 1. The minimum Gasteiger partial charge on any atom is -0.462 e. The molecule has 1 unspecified atom stereocenters. The van der Waals surface area contributed by atoms with Crippen LogP contribution in [0.3, 0.4) is 0 Å². The Bertz CT molecular complexity index is 1600. The molecule has 0 saturated carbocycles. The topological polar surface area (TPSA) is 137 Å². The minimum atomic E-state index is -1.14. The molecule has 1 saturated heterocycles. The van der Waals surface area contributed by atoms with Crippen LogP contribution in [0.25, 0.3) is 0 Å². The number of nitro groups is 1. The van der Waals surface area contributed by atoms with Gasteiger partial charge in [0.1, 0.15) is 11.8 Å². The first-order valence-electron chi connectivity index (χ1n) is 16.1. The molecule has 10 nitrogen and oxygen atoms in total. The largest absolute Gasteiger partial charge is 0.462 e. The summed E-state index contributed by atoms with van der Waals surface area (Å²) in [5, 5.41) is 11.6. The fourth-order valence-electron chi connectivity index (χ4n) is 6.86. The summed E-state index contributed by atoms with van der Waals surface area (Å²) in [6, 6.07) is 27.2. The van der Waals surface area contributed by atoms with Crippen molar-refractivity contribution < 1.29 is 24.0 Å². The lowest BCUT2D eigenvalue weighted by Crippen LogP contribution is -2.44. The summed E-state index contributed by atoms with van der Waals surface area (Å²) < 4.78 is 11.3. The molecule has 1 fully saturated rings. The molecule has 2 atom stereocenters. The van der Waals surface area contributed by atoms with Crippen molar-refractivity contribution in [2.75, 3.05) is 26.2 Å². The number of allylic oxidation sites excluding steroid dienone is 1. The summed E-state index contributed by atoms with van der Waals surface area (Å²) in [7, 11) is 0. The number of hydrogen-bond acceptors (Lipinski definition) is 9. The molecular weight excluding hydrogens is 596 g/mol. The molecule has 2 aliphatic heterocycles. The molecule has 246 valence electrons. The van der Waals surface area contributed by atoms with Crippen LogP contribution in [-0.4, -0.2) is 59.9 Å². The maximum absolute atomic E-state index is 13.7. The number of piperidine rings is 1. The highest BCUT2D eigenvalue weighted by atomic mass is 16.6. The summed E-state index contributed by atoms with van der Waals surface area (Å²) in [4.78, 5) is 44.7. The quantitative estimate of drug-likeness (QED) is 0.119. The van der Waals surface area contributed by atoms with Gasteiger partial charge in [-0.1, -0.05) is 72.8 Å². The second kappa shape index (κ2) is 14.7. The number of nitrogens with zero attached hydrogens (tertiary/aromatic N) is 3. The van der Waals surface area contributed by atoms with E-state index in [-0.39, 0.29) is 29.1 Å². The lowest BCUT2D eigenvalue weighted by molar-refractivity contribution is -0.384. The van der Waals surface area contributed by atoms with Crippen LogP contribution in [0.4, 0.5) is 5.69 Å². The Hall–Kier alpha value is -4.83. The summed E-state index contributed by atoms with van der Waals surface area (Å²) in [5.74, 6) is -3.43. The zero-order chi connectivity index (χ0) is 33.6. The van der Waals surface area contributed by atoms with Crippen molar-refractivity contribution >= 4 is 23.5 Å². The summed E-state index contributed by atoms with van der Waals surface area (Å²) in [6.07, 6.45) is 2.13. The van der Waals surface area contributed by atoms with E-state index in [2.05, 4.69) is 58.4 Å². The molecular formula is C37H42N4O6. The van der Waals surface area contributed by atoms with Gasteiger partial charge in [-0.25, -0.2) is 9.79 Å². The van der Waals surface area contributed by atoms with Gasteiger partial charge in [-0.2, -0.15) is 0 Å². The van der Waals surface area contributed by atoms with E-state index in [1.54, 1.807) is 26.8 Å². The van der Waals surface area contributed by atoms with Gasteiger partial charge in [0.2, 0.25) is 0 Å². The number of non-ortho nitro benzene ring substituents is 1. The van der Waals surface area contributed by atoms with Gasteiger partial charge < -0.3 is 20.1 Å². The van der Waals surface area contributed by atoms with Gasteiger partial charge in [-0.05, 0) is 69.8 Å². The van der Waals surface area contributed by atoms with E-state index in [1.165, 1.54) is 29.3 Å². The SMILES string of the molecule is CC1=C(C(=O)OCCCN2CCC(c3ccccc3)(c3ccccc3)CC2)[C@@H](c2cccc([N+](=O)[O-])c2)C(C(=O)OC(C)C)C(N)=N1. The fraction of sp³-hybridized carbons (Fsp3) is 0.378. The molecule has 0 amide bonds. The Labute approximate surface area is 275 Å². The summed E-state index contributed by atoms with van der Waals surface area (Å²) in [6.45, 7) is 7.77. The highest BCUT2D eigenvalue weighted by Gasteiger charge is 2.44. The smallest absolute Gasteiger partial charge is 0.336 e. The zero-order valence-electron chi connectivity index (χ0n) is 27.1. The lowest BCUT2D eigenvalue weighted by Gasteiger charge is -2.43. The van der Waals surface area contributed by atoms with Crippen molar-refractivity contribution in [3.63, 3.8) is 0 Å². The molecule has 2 heterocycles. The highest BCUT2D eigenvalue weighted by Crippen LogP contribution is 2.42. The van der Waals surface area contributed by atoms with E-state index in [1.807, 2.05) is 12.1 Å². The minimum absolute atomic E-state index is 0.0200. The Morgan fingerprint density at radius 1 is 1.00 bits per heavy atom. The van der Waals surface area contributed by atoms with E-state index >= 15 is 0 Å². The van der Waals surface area contributed by atoms with E-state index in [9.17, 15) is 19.7 Å². The molecule has 0 radical (unpaired) electrons. The number of likely N-dealkylation sites (tertiary alicyclic amines) is 1. The van der Waals surface area contributed by atoms with E-state index in [0.717, 1.165) is 32.5 Å². The van der Waals surface area contributed by atoms with Crippen LogP contribution < -0.4 is 5.73 Å². The first-order chi connectivity index (χ1) is 22.6. The molecule has 47 heavy (non-hydrogen) atoms. The Morgan fingerprint density at radius 3 is 2.19 bits per heavy atom. The Balaban J connectivity index is 1.27. The predicted molar refractivity (Wildman–Crippen MR) is 180 cm³/mol. The average Bonchev–Trinajstić information content (AvgIpc) is 3.07. The van der Waals surface area contributed by atoms with Gasteiger partial charge in [0.15, 0.2) is 0 Å². The zero-order valence-corrected chi connectivity index (χ0v) is 27.1. The summed E-state index contributed by atoms with van der Waals surface area (Å²) >= 11 is 0. The maximum atomic E-state index is 13.7. The fourth-order valence-corrected chi connectivity index (χ4v) is 6.86. The molecule has 3 aromatic rings. The highest BCUT2D eigenvalue weighted by molar-refractivity contribution is 6.06. The van der Waals surface area contributed by atoms with Crippen LogP contribution in [0.2, 0.25) is 0 Å². The number of amidine groups is 1. The second-order valence-electron chi connectivity index (χ2n) is 12.5. The van der Waals surface area contributed by atoms with Crippen LogP contribution in [0.15, 0.2) is 101 Å². The van der Waals surface area contributed by atoms with E-state index < -0.39 is 34.8 Å². The van der Waals surface area contributed by atoms with E-state index in [0.29, 0.717) is 17.7 Å². The number of nitro benzene ring substituents is 1. The number of hydrogen-bond donors (Lipinski definition) is 1. The Morgan fingerprint density at radius 2 is 1.62 bits per heavy atom. The number of aliphatic imine (C=N–C) groups is 1. The maximum Gasteiger partial charge on any atom is 0.336 e. The van der Waals surface area contributed by atoms with Crippen molar-refractivity contribution in [3.8, 4) is 0 Å². The van der Waals surface area contributed by atoms with Gasteiger partial charge in [-0.3, -0.25) is 14.9 Å². The van der Waals surface area contributed by atoms with Crippen molar-refractivity contribution in [2.24, 2.45) is 16.6 Å². The number of ether oxygens (including phenoxy) is 2. The van der Waals surface area contributed by atoms with Gasteiger partial charge in [0.05, 0.1) is 28.9 Å². The first kappa shape index (κ1) is 33.5. The molecule has 10 heteroatoms. The lowest BCUT2D eigenvalue weighted by atomic mass is 9.68. The van der Waals surface area contributed by atoms with Crippen LogP contribution in [-0.2, 0) is 24.5 Å². The van der Waals surface area contributed by atoms with Crippen molar-refractivity contribution in [2.45, 2.75) is 57.5 Å². The summed E-state index contributed by atoms with van der Waals surface area (Å²) in [5.41, 5.74) is 9.50. The third-order valence-electron chi connectivity index (χ3n) is 9.13. The number of benzene rings is 3. The molecule has 0 aliphatic carbocycles. The predicted octanol–water partition coefficient (Wildman–Crippen LogP) is 5.91. The van der Waals surface area contributed by atoms with Crippen molar-refractivity contribution in [3.05, 3.63) is 123 Å². The van der Waals surface area contributed by atoms with Crippen LogP contribution in [0, 0.1) is 16.0 Å². The molecule has 0 aromatic heterocycles. The van der Waals surface area contributed by atoms with Crippen LogP contribution in [0.1, 0.15) is 62.6 Å². The molecule has 3 aromatic carbocycles. The molecule has 2 N–H and O–H groups in total. The number of rotatable bonds is 11. The molecule has 2 aliphatic rings. The number of carbonyl (C=O) groups is 2. The first-order valence-corrected chi connectivity index (χ1v) is 16.1. The normalized spacial score (nSPS) is 19.6. The van der Waals surface area contributed by atoms with Gasteiger partial charge in [0.25, 0.3) is 5.69 Å². The Kier molecular flexibility index (Phi) is 10.5. The number of carbonyl (C=O) groups excluding carboxylic acids is 2. The van der Waals surface area contributed by atoms with Gasteiger partial charge in [-0.15, -0.1) is 0 Å². The standard InChI is InChI=1S/C37H42N4O6/c1-25(2)47-36(43)33-32(27-12-10-17-30(24-27)41(44)45)31(26(3)39-34(33)38)35(42)46-23-11-20-40-21-18-37(19-22-40,28-13-6-4-7-14-28)29-15-8-5-9-16-29/h4-10,12-17,24-25,32-33H,11,18-23H2,1-3H3,(H2,38,39)/t32-,33?/m1/s1. The van der Waals surface area contributed by atoms with Crippen LogP contribution in [0.5, 0.6) is 0 Å². The second-order valence-corrected chi connectivity index (χ2v) is 12.5. The number of esters is 2.